The fourth-order valence-corrected chi connectivity index (χ4v) is 5.03. The lowest BCUT2D eigenvalue weighted by molar-refractivity contribution is -0.137. The Morgan fingerprint density at radius 3 is 2.14 bits per heavy atom. The third-order valence-electron chi connectivity index (χ3n) is 6.88. The zero-order chi connectivity index (χ0) is 26.5. The van der Waals surface area contributed by atoms with Crippen molar-refractivity contribution < 1.29 is 41.0 Å². The number of anilines is 1. The fourth-order valence-electron chi connectivity index (χ4n) is 5.03. The highest BCUT2D eigenvalue weighted by Gasteiger charge is 2.40. The first-order chi connectivity index (χ1) is 16.9. The predicted octanol–water partition coefficient (Wildman–Crippen LogP) is 7.36. The first-order valence-corrected chi connectivity index (χ1v) is 11.7. The zero-order valence-corrected chi connectivity index (χ0v) is 19.3. The van der Waals surface area contributed by atoms with Gasteiger partial charge in [0.1, 0.15) is 5.82 Å². The van der Waals surface area contributed by atoms with Gasteiger partial charge in [0.25, 0.3) is 6.47 Å². The van der Waals surface area contributed by atoms with Crippen LogP contribution in [0.4, 0.5) is 32.0 Å². The molecule has 0 spiro atoms. The Balaban J connectivity index is 0.00000115. The Hall–Kier alpha value is -3.04. The first kappa shape index (κ1) is 27.5. The number of halogens is 6. The van der Waals surface area contributed by atoms with E-state index in [-0.39, 0.29) is 36.8 Å². The summed E-state index contributed by atoms with van der Waals surface area (Å²) < 4.78 is 79.3. The molecule has 1 amide bonds. The van der Waals surface area contributed by atoms with E-state index in [0.717, 1.165) is 36.1 Å². The smallest absolute Gasteiger partial charge is 0.416 e. The third-order valence-corrected chi connectivity index (χ3v) is 6.88. The molecule has 0 saturated heterocycles. The molecule has 0 bridgehead atoms. The van der Waals surface area contributed by atoms with E-state index in [2.05, 4.69) is 5.32 Å². The largest absolute Gasteiger partial charge is 0.483 e. The standard InChI is InChI=1S/C25H25F6NO.CH2O2/c26-21-13-20(25(29,30)31)8-9-22(21)32-23(33)18-3-1-2-17(12-18)15-4-6-16(7-5-15)19-10-11-24(27,28)14-19;2-1-3/h4-9,13,17-19H,1-3,10-12,14H2,(H,32,33);1H,(H,2,3). The van der Waals surface area contributed by atoms with E-state index < -0.39 is 35.3 Å². The van der Waals surface area contributed by atoms with Crippen LogP contribution in [0.2, 0.25) is 0 Å². The van der Waals surface area contributed by atoms with Gasteiger partial charge >= 0.3 is 6.18 Å². The van der Waals surface area contributed by atoms with Crippen molar-refractivity contribution in [1.82, 2.24) is 0 Å². The molecule has 3 unspecified atom stereocenters. The number of rotatable bonds is 4. The highest BCUT2D eigenvalue weighted by molar-refractivity contribution is 5.92. The molecule has 0 radical (unpaired) electrons. The van der Waals surface area contributed by atoms with Crippen LogP contribution in [0.1, 0.15) is 73.5 Å². The number of alkyl halides is 5. The Labute approximate surface area is 204 Å². The number of carboxylic acid groups (broad SMARTS) is 1. The molecule has 2 fully saturated rings. The summed E-state index contributed by atoms with van der Waals surface area (Å²) in [6.07, 6.45) is -1.59. The zero-order valence-electron chi connectivity index (χ0n) is 19.3. The average molecular weight is 515 g/mol. The molecule has 10 heteroatoms. The van der Waals surface area contributed by atoms with Crippen LogP contribution >= 0.6 is 0 Å². The van der Waals surface area contributed by atoms with Gasteiger partial charge in [0.15, 0.2) is 0 Å². The van der Waals surface area contributed by atoms with Crippen molar-refractivity contribution in [2.24, 2.45) is 5.92 Å². The van der Waals surface area contributed by atoms with Crippen LogP contribution < -0.4 is 5.32 Å². The molecule has 2 aromatic carbocycles. The SMILES string of the molecule is O=C(Nc1ccc(C(F)(F)F)cc1F)C1CCCC(c2ccc(C3CCC(F)(F)C3)cc2)C1.O=CO. The van der Waals surface area contributed by atoms with Gasteiger partial charge in [0.2, 0.25) is 11.8 Å². The molecule has 4 nitrogen and oxygen atoms in total. The maximum absolute atomic E-state index is 14.1. The van der Waals surface area contributed by atoms with Crippen molar-refractivity contribution in [1.29, 1.82) is 0 Å². The van der Waals surface area contributed by atoms with Gasteiger partial charge in [-0.05, 0) is 66.8 Å². The van der Waals surface area contributed by atoms with Crippen molar-refractivity contribution in [3.63, 3.8) is 0 Å². The number of carbonyl (C=O) groups is 2. The maximum atomic E-state index is 14.1. The van der Waals surface area contributed by atoms with Gasteiger partial charge in [-0.3, -0.25) is 9.59 Å². The summed E-state index contributed by atoms with van der Waals surface area (Å²) in [6.45, 7) is -0.250. The van der Waals surface area contributed by atoms with Gasteiger partial charge < -0.3 is 10.4 Å². The Morgan fingerprint density at radius 2 is 1.61 bits per heavy atom. The minimum absolute atomic E-state index is 0.0850. The second kappa shape index (κ2) is 11.3. The van der Waals surface area contributed by atoms with Crippen molar-refractivity contribution in [2.75, 3.05) is 5.32 Å². The van der Waals surface area contributed by atoms with E-state index in [1.54, 1.807) is 0 Å². The van der Waals surface area contributed by atoms with Crippen LogP contribution in [0, 0.1) is 11.7 Å². The summed E-state index contributed by atoms with van der Waals surface area (Å²) in [4.78, 5) is 21.1. The van der Waals surface area contributed by atoms with E-state index in [4.69, 9.17) is 9.90 Å². The molecule has 0 aromatic heterocycles. The van der Waals surface area contributed by atoms with E-state index in [0.29, 0.717) is 25.3 Å². The number of nitrogens with one attached hydrogen (secondary N) is 1. The van der Waals surface area contributed by atoms with Crippen molar-refractivity contribution >= 4 is 18.1 Å². The van der Waals surface area contributed by atoms with E-state index in [1.165, 1.54) is 0 Å². The van der Waals surface area contributed by atoms with Gasteiger partial charge in [0.05, 0.1) is 11.3 Å². The Kier molecular flexibility index (Phi) is 8.68. The first-order valence-electron chi connectivity index (χ1n) is 11.7. The summed E-state index contributed by atoms with van der Waals surface area (Å²) in [5.74, 6) is -4.57. The molecular weight excluding hydrogens is 488 g/mol. The van der Waals surface area contributed by atoms with Gasteiger partial charge in [-0.2, -0.15) is 13.2 Å². The molecular formula is C26H27F6NO3. The summed E-state index contributed by atoms with van der Waals surface area (Å²) in [5, 5.41) is 9.32. The Bertz CT molecular complexity index is 1050. The normalized spacial score (nSPS) is 23.3. The lowest BCUT2D eigenvalue weighted by Gasteiger charge is -2.29. The van der Waals surface area contributed by atoms with Crippen LogP contribution in [0.15, 0.2) is 42.5 Å². The number of amides is 1. The summed E-state index contributed by atoms with van der Waals surface area (Å²) in [5.41, 5.74) is 0.550. The van der Waals surface area contributed by atoms with Crippen molar-refractivity contribution in [3.8, 4) is 0 Å². The number of benzene rings is 2. The lowest BCUT2D eigenvalue weighted by atomic mass is 9.77. The van der Waals surface area contributed by atoms with Crippen LogP contribution in [0.3, 0.4) is 0 Å². The molecule has 36 heavy (non-hydrogen) atoms. The topological polar surface area (TPSA) is 66.4 Å². The predicted molar refractivity (Wildman–Crippen MR) is 121 cm³/mol. The van der Waals surface area contributed by atoms with Gasteiger partial charge in [-0.1, -0.05) is 30.7 Å². The van der Waals surface area contributed by atoms with Crippen LogP contribution in [0.25, 0.3) is 0 Å². The molecule has 0 aliphatic heterocycles. The van der Waals surface area contributed by atoms with E-state index >= 15 is 0 Å². The molecule has 2 aliphatic carbocycles. The van der Waals surface area contributed by atoms with Gasteiger partial charge in [-0.15, -0.1) is 0 Å². The van der Waals surface area contributed by atoms with E-state index in [1.807, 2.05) is 24.3 Å². The average Bonchev–Trinajstić information content (AvgIpc) is 3.20. The van der Waals surface area contributed by atoms with Crippen LogP contribution in [-0.2, 0) is 15.8 Å². The summed E-state index contributed by atoms with van der Waals surface area (Å²) in [7, 11) is 0. The van der Waals surface area contributed by atoms with Crippen molar-refractivity contribution in [2.45, 2.75) is 68.9 Å². The fraction of sp³-hybridized carbons (Fsp3) is 0.462. The minimum Gasteiger partial charge on any atom is -0.483 e. The molecule has 3 atom stereocenters. The number of hydrogen-bond donors (Lipinski definition) is 2. The molecule has 2 aromatic rings. The Morgan fingerprint density at radius 1 is 1.00 bits per heavy atom. The summed E-state index contributed by atoms with van der Waals surface area (Å²) in [6, 6.07) is 9.71. The second-order valence-corrected chi connectivity index (χ2v) is 9.31. The van der Waals surface area contributed by atoms with Gasteiger partial charge in [-0.25, -0.2) is 13.2 Å². The van der Waals surface area contributed by atoms with E-state index in [9.17, 15) is 31.1 Å². The molecule has 2 N–H and O–H groups in total. The third kappa shape index (κ3) is 7.01. The molecule has 4 rings (SSSR count). The quantitative estimate of drug-likeness (QED) is 0.330. The maximum Gasteiger partial charge on any atom is 0.416 e. The molecule has 0 heterocycles. The number of carbonyl (C=O) groups excluding carboxylic acids is 1. The van der Waals surface area contributed by atoms with Crippen LogP contribution in [-0.4, -0.2) is 23.4 Å². The summed E-state index contributed by atoms with van der Waals surface area (Å²) >= 11 is 0. The molecule has 2 aliphatic rings. The highest BCUT2D eigenvalue weighted by Crippen LogP contribution is 2.45. The van der Waals surface area contributed by atoms with Crippen molar-refractivity contribution in [3.05, 3.63) is 65.0 Å². The highest BCUT2D eigenvalue weighted by atomic mass is 19.4. The molecule has 2 saturated carbocycles. The number of hydrogen-bond acceptors (Lipinski definition) is 2. The van der Waals surface area contributed by atoms with Crippen LogP contribution in [0.5, 0.6) is 0 Å². The monoisotopic (exact) mass is 515 g/mol. The minimum atomic E-state index is -4.66. The van der Waals surface area contributed by atoms with Gasteiger partial charge in [0, 0.05) is 18.8 Å². The molecule has 196 valence electrons. The lowest BCUT2D eigenvalue weighted by Crippen LogP contribution is -2.28. The second-order valence-electron chi connectivity index (χ2n) is 9.31.